The molecule has 2 aromatic rings. The van der Waals surface area contributed by atoms with Crippen molar-refractivity contribution in [3.63, 3.8) is 0 Å². The second-order valence-corrected chi connectivity index (χ2v) is 5.40. The van der Waals surface area contributed by atoms with Crippen molar-refractivity contribution in [2.24, 2.45) is 0 Å². The molecule has 1 aromatic heterocycles. The quantitative estimate of drug-likeness (QED) is 0.551. The molecule has 1 amide bonds. The lowest BCUT2D eigenvalue weighted by atomic mass is 10.2. The maximum absolute atomic E-state index is 12.9. The third-order valence-corrected chi connectivity index (χ3v) is 3.47. The summed E-state index contributed by atoms with van der Waals surface area (Å²) in [5.41, 5.74) is 0.666. The molecule has 134 valence electrons. The summed E-state index contributed by atoms with van der Waals surface area (Å²) in [4.78, 5) is 26.8. The Morgan fingerprint density at radius 1 is 1.20 bits per heavy atom. The van der Waals surface area contributed by atoms with Crippen LogP contribution in [0, 0.1) is 5.82 Å². The van der Waals surface area contributed by atoms with Crippen molar-refractivity contribution >= 4 is 11.9 Å². The molecular weight excluding hydrogens is 329 g/mol. The summed E-state index contributed by atoms with van der Waals surface area (Å²) in [7, 11) is 1.33. The van der Waals surface area contributed by atoms with E-state index in [2.05, 4.69) is 20.2 Å². The zero-order valence-corrected chi connectivity index (χ0v) is 14.0. The number of aromatic nitrogens is 2. The molecule has 0 aliphatic carbocycles. The number of benzene rings is 1. The number of carbonyl (C=O) groups excluding carboxylic acids is 2. The molecule has 0 fully saturated rings. The molecular formula is C17H20FN3O4. The van der Waals surface area contributed by atoms with Crippen molar-refractivity contribution in [2.75, 3.05) is 13.7 Å². The molecule has 0 bridgehead atoms. The first-order chi connectivity index (χ1) is 12.1. The molecule has 0 saturated heterocycles. The summed E-state index contributed by atoms with van der Waals surface area (Å²) in [5, 5.41) is 6.58. The lowest BCUT2D eigenvalue weighted by Gasteiger charge is -2.03. The fourth-order valence-corrected chi connectivity index (χ4v) is 2.12. The van der Waals surface area contributed by atoms with Crippen LogP contribution >= 0.6 is 0 Å². The van der Waals surface area contributed by atoms with E-state index >= 15 is 0 Å². The van der Waals surface area contributed by atoms with Crippen LogP contribution in [0.5, 0.6) is 0 Å². The normalized spacial score (nSPS) is 10.5. The van der Waals surface area contributed by atoms with E-state index in [0.29, 0.717) is 49.5 Å². The molecule has 0 aliphatic rings. The van der Waals surface area contributed by atoms with Gasteiger partial charge in [0.25, 0.3) is 0 Å². The number of aryl methyl sites for hydroxylation is 1. The smallest absolute Gasteiger partial charge is 0.305 e. The van der Waals surface area contributed by atoms with Gasteiger partial charge >= 0.3 is 5.97 Å². The van der Waals surface area contributed by atoms with E-state index in [9.17, 15) is 14.0 Å². The number of halogens is 1. The van der Waals surface area contributed by atoms with Gasteiger partial charge in [-0.15, -0.1) is 0 Å². The Morgan fingerprint density at radius 3 is 2.68 bits per heavy atom. The summed E-state index contributed by atoms with van der Waals surface area (Å²) in [6, 6.07) is 5.81. The minimum absolute atomic E-state index is 0.0943. The van der Waals surface area contributed by atoms with Crippen LogP contribution in [0.3, 0.4) is 0 Å². The van der Waals surface area contributed by atoms with Crippen LogP contribution in [0.4, 0.5) is 4.39 Å². The van der Waals surface area contributed by atoms with Crippen LogP contribution in [0.15, 0.2) is 28.8 Å². The zero-order valence-electron chi connectivity index (χ0n) is 14.0. The number of hydrogen-bond acceptors (Lipinski definition) is 6. The van der Waals surface area contributed by atoms with Crippen LogP contribution in [0.1, 0.15) is 31.6 Å². The summed E-state index contributed by atoms with van der Waals surface area (Å²) < 4.78 is 22.5. The lowest BCUT2D eigenvalue weighted by Crippen LogP contribution is -2.24. The number of amides is 1. The monoisotopic (exact) mass is 349 g/mol. The highest BCUT2D eigenvalue weighted by Crippen LogP contribution is 2.16. The van der Waals surface area contributed by atoms with Crippen LogP contribution in [-0.4, -0.2) is 35.7 Å². The highest BCUT2D eigenvalue weighted by Gasteiger charge is 2.10. The predicted molar refractivity (Wildman–Crippen MR) is 86.9 cm³/mol. The highest BCUT2D eigenvalue weighted by molar-refractivity contribution is 5.76. The molecule has 1 heterocycles. The molecule has 8 heteroatoms. The number of nitrogens with zero attached hydrogens (tertiary/aromatic N) is 2. The minimum Gasteiger partial charge on any atom is -0.469 e. The Morgan fingerprint density at radius 2 is 1.96 bits per heavy atom. The van der Waals surface area contributed by atoms with E-state index < -0.39 is 0 Å². The lowest BCUT2D eigenvalue weighted by molar-refractivity contribution is -0.140. The van der Waals surface area contributed by atoms with Crippen molar-refractivity contribution < 1.29 is 23.2 Å². The van der Waals surface area contributed by atoms with Gasteiger partial charge < -0.3 is 14.6 Å². The molecule has 0 radical (unpaired) electrons. The van der Waals surface area contributed by atoms with Gasteiger partial charge in [0.15, 0.2) is 0 Å². The Kier molecular flexibility index (Phi) is 7.06. The van der Waals surface area contributed by atoms with Gasteiger partial charge in [-0.25, -0.2) is 4.39 Å². The van der Waals surface area contributed by atoms with E-state index in [1.54, 1.807) is 12.1 Å². The Balaban J connectivity index is 1.67. The molecule has 1 N–H and O–H groups in total. The van der Waals surface area contributed by atoms with Crippen LogP contribution < -0.4 is 5.32 Å². The van der Waals surface area contributed by atoms with E-state index in [0.717, 1.165) is 0 Å². The molecule has 2 rings (SSSR count). The third kappa shape index (κ3) is 6.33. The molecule has 25 heavy (non-hydrogen) atoms. The largest absolute Gasteiger partial charge is 0.469 e. The average Bonchev–Trinajstić information content (AvgIpc) is 3.08. The first kappa shape index (κ1) is 18.6. The van der Waals surface area contributed by atoms with Gasteiger partial charge in [-0.3, -0.25) is 9.59 Å². The molecule has 0 unspecified atom stereocenters. The van der Waals surface area contributed by atoms with E-state index in [1.165, 1.54) is 19.2 Å². The van der Waals surface area contributed by atoms with Crippen molar-refractivity contribution in [3.05, 3.63) is 36.0 Å². The SMILES string of the molecule is COC(=O)CCCNC(=O)CCCc1nc(-c2ccc(F)cc2)no1. The van der Waals surface area contributed by atoms with E-state index in [1.807, 2.05) is 0 Å². The Bertz CT molecular complexity index is 700. The van der Waals surface area contributed by atoms with Gasteiger partial charge in [-0.05, 0) is 37.1 Å². The van der Waals surface area contributed by atoms with Crippen molar-refractivity contribution in [1.82, 2.24) is 15.5 Å². The van der Waals surface area contributed by atoms with Crippen LogP contribution in [0.25, 0.3) is 11.4 Å². The minimum atomic E-state index is -0.329. The van der Waals surface area contributed by atoms with E-state index in [-0.39, 0.29) is 24.1 Å². The summed E-state index contributed by atoms with van der Waals surface area (Å²) in [6.45, 7) is 0.434. The molecule has 0 saturated carbocycles. The fourth-order valence-electron chi connectivity index (χ4n) is 2.12. The van der Waals surface area contributed by atoms with Gasteiger partial charge in [-0.1, -0.05) is 5.16 Å². The van der Waals surface area contributed by atoms with Crippen LogP contribution in [-0.2, 0) is 20.7 Å². The molecule has 7 nitrogen and oxygen atoms in total. The number of rotatable bonds is 9. The number of ether oxygens (including phenoxy) is 1. The molecule has 0 spiro atoms. The molecule has 0 atom stereocenters. The second kappa shape index (κ2) is 9.51. The maximum atomic E-state index is 12.9. The summed E-state index contributed by atoms with van der Waals surface area (Å²) >= 11 is 0. The van der Waals surface area contributed by atoms with Crippen molar-refractivity contribution in [3.8, 4) is 11.4 Å². The average molecular weight is 349 g/mol. The van der Waals surface area contributed by atoms with Gasteiger partial charge in [0.2, 0.25) is 17.6 Å². The molecule has 0 aliphatic heterocycles. The number of esters is 1. The van der Waals surface area contributed by atoms with Crippen LogP contribution in [0.2, 0.25) is 0 Å². The first-order valence-electron chi connectivity index (χ1n) is 8.00. The standard InChI is InChI=1S/C17H20FN3O4/c1-24-16(23)6-3-11-19-14(22)4-2-5-15-20-17(21-25-15)12-7-9-13(18)10-8-12/h7-10H,2-6,11H2,1H3,(H,19,22). The van der Waals surface area contributed by atoms with Crippen molar-refractivity contribution in [2.45, 2.75) is 32.1 Å². The Hall–Kier alpha value is -2.77. The first-order valence-corrected chi connectivity index (χ1v) is 8.00. The second-order valence-electron chi connectivity index (χ2n) is 5.40. The van der Waals surface area contributed by atoms with Gasteiger partial charge in [0.05, 0.1) is 7.11 Å². The highest BCUT2D eigenvalue weighted by atomic mass is 19.1. The predicted octanol–water partition coefficient (Wildman–Crippen LogP) is 2.27. The van der Waals surface area contributed by atoms with Crippen molar-refractivity contribution in [1.29, 1.82) is 0 Å². The Labute approximate surface area is 144 Å². The third-order valence-electron chi connectivity index (χ3n) is 3.47. The number of carbonyl (C=O) groups is 2. The summed E-state index contributed by atoms with van der Waals surface area (Å²) in [6.07, 6.45) is 2.19. The van der Waals surface area contributed by atoms with Gasteiger partial charge in [-0.2, -0.15) is 4.98 Å². The number of nitrogens with one attached hydrogen (secondary N) is 1. The topological polar surface area (TPSA) is 94.3 Å². The van der Waals surface area contributed by atoms with Gasteiger partial charge in [0, 0.05) is 31.4 Å². The van der Waals surface area contributed by atoms with E-state index in [4.69, 9.17) is 4.52 Å². The van der Waals surface area contributed by atoms with Gasteiger partial charge in [0.1, 0.15) is 5.82 Å². The maximum Gasteiger partial charge on any atom is 0.305 e. The molecule has 1 aromatic carbocycles. The fraction of sp³-hybridized carbons (Fsp3) is 0.412. The number of hydrogen-bond donors (Lipinski definition) is 1. The number of methoxy groups -OCH3 is 1. The summed E-state index contributed by atoms with van der Waals surface area (Å²) in [5.74, 6) is 0.107. The zero-order chi connectivity index (χ0) is 18.1.